The summed E-state index contributed by atoms with van der Waals surface area (Å²) in [6.07, 6.45) is 1.27. The average Bonchev–Trinajstić information content (AvgIpc) is 3.09. The van der Waals surface area contributed by atoms with Crippen molar-refractivity contribution in [3.63, 3.8) is 0 Å². The molecule has 2 aliphatic heterocycles. The lowest BCUT2D eigenvalue weighted by molar-refractivity contribution is 0.104. The van der Waals surface area contributed by atoms with Gasteiger partial charge in [-0.1, -0.05) is 48.5 Å². The van der Waals surface area contributed by atoms with Crippen LogP contribution in [0.5, 0.6) is 23.0 Å². The van der Waals surface area contributed by atoms with E-state index in [2.05, 4.69) is 9.80 Å². The van der Waals surface area contributed by atoms with Gasteiger partial charge in [-0.2, -0.15) is 0 Å². The molecule has 6 aromatic rings. The molecule has 0 fully saturated rings. The van der Waals surface area contributed by atoms with Gasteiger partial charge >= 0.3 is 0 Å². The molecule has 216 valence electrons. The van der Waals surface area contributed by atoms with Crippen LogP contribution in [0.25, 0.3) is 5.76 Å². The van der Waals surface area contributed by atoms with Crippen molar-refractivity contribution in [2.45, 2.75) is 0 Å². The van der Waals surface area contributed by atoms with Crippen LogP contribution in [0.2, 0.25) is 0 Å². The molecular weight excluding hydrogens is 560 g/mol. The Morgan fingerprint density at radius 2 is 0.800 bits per heavy atom. The van der Waals surface area contributed by atoms with Crippen molar-refractivity contribution in [3.05, 3.63) is 163 Å². The number of benzene rings is 6. The smallest absolute Gasteiger partial charge is 0.189 e. The van der Waals surface area contributed by atoms with Crippen LogP contribution in [0.15, 0.2) is 152 Å². The van der Waals surface area contributed by atoms with Gasteiger partial charge in [0.2, 0.25) is 0 Å². The van der Waals surface area contributed by atoms with Crippen molar-refractivity contribution >= 4 is 45.7 Å². The number of carbonyl (C=O) groups is 1. The average molecular weight is 587 g/mol. The lowest BCUT2D eigenvalue weighted by Crippen LogP contribution is -2.15. The van der Waals surface area contributed by atoms with Gasteiger partial charge in [0.1, 0.15) is 5.76 Å². The van der Waals surface area contributed by atoms with Gasteiger partial charge in [0.15, 0.2) is 28.8 Å². The first-order chi connectivity index (χ1) is 22.1. The lowest BCUT2D eigenvalue weighted by atomic mass is 10.1. The third-order valence-electron chi connectivity index (χ3n) is 7.96. The van der Waals surface area contributed by atoms with Crippen LogP contribution in [-0.4, -0.2) is 10.9 Å². The molecule has 0 atom stereocenters. The fraction of sp³-hybridized carbons (Fsp3) is 0. The summed E-state index contributed by atoms with van der Waals surface area (Å²) in [7, 11) is 0. The molecule has 0 radical (unpaired) electrons. The summed E-state index contributed by atoms with van der Waals surface area (Å²) in [6.45, 7) is 0. The van der Waals surface area contributed by atoms with Gasteiger partial charge in [-0.25, -0.2) is 0 Å². The molecule has 2 aliphatic rings. The summed E-state index contributed by atoms with van der Waals surface area (Å²) >= 11 is 0. The van der Waals surface area contributed by atoms with Crippen molar-refractivity contribution in [1.82, 2.24) is 0 Å². The van der Waals surface area contributed by atoms with Crippen LogP contribution in [0.3, 0.4) is 0 Å². The molecule has 6 heteroatoms. The molecule has 6 aromatic carbocycles. The molecule has 2 heterocycles. The van der Waals surface area contributed by atoms with Gasteiger partial charge in [-0.15, -0.1) is 0 Å². The van der Waals surface area contributed by atoms with Crippen LogP contribution in [-0.2, 0) is 0 Å². The van der Waals surface area contributed by atoms with Crippen LogP contribution in [0, 0.1) is 0 Å². The summed E-state index contributed by atoms with van der Waals surface area (Å²) in [5.74, 6) is 2.66. The molecule has 1 N–H and O–H groups in total. The number of hydrogen-bond donors (Lipinski definition) is 1. The van der Waals surface area contributed by atoms with Crippen molar-refractivity contribution < 1.29 is 19.4 Å². The maximum absolute atomic E-state index is 13.2. The number of fused-ring (bicyclic) bond motifs is 4. The Morgan fingerprint density at radius 1 is 0.467 bits per heavy atom. The van der Waals surface area contributed by atoms with Gasteiger partial charge in [-0.3, -0.25) is 4.79 Å². The van der Waals surface area contributed by atoms with Gasteiger partial charge in [0, 0.05) is 28.6 Å². The number of allylic oxidation sites excluding steroid dienone is 1. The summed E-state index contributed by atoms with van der Waals surface area (Å²) < 4.78 is 12.2. The highest BCUT2D eigenvalue weighted by atomic mass is 16.5. The Bertz CT molecular complexity index is 2010. The Morgan fingerprint density at radius 3 is 1.18 bits per heavy atom. The van der Waals surface area contributed by atoms with E-state index in [0.29, 0.717) is 11.1 Å². The number of carbonyl (C=O) groups excluding carboxylic acids is 1. The quantitative estimate of drug-likeness (QED) is 0.123. The Labute approximate surface area is 260 Å². The minimum Gasteiger partial charge on any atom is -0.507 e. The Hall–Kier alpha value is -6.27. The van der Waals surface area contributed by atoms with E-state index in [4.69, 9.17) is 9.47 Å². The predicted octanol–water partition coefficient (Wildman–Crippen LogP) is 10.6. The maximum Gasteiger partial charge on any atom is 0.189 e. The number of anilines is 6. The van der Waals surface area contributed by atoms with Crippen molar-refractivity contribution in [2.24, 2.45) is 0 Å². The number of aliphatic hydroxyl groups is 1. The lowest BCUT2D eigenvalue weighted by Gasteiger charge is -2.32. The number of ether oxygens (including phenoxy) is 2. The van der Waals surface area contributed by atoms with E-state index in [9.17, 15) is 9.90 Å². The second kappa shape index (κ2) is 10.8. The molecule has 0 amide bonds. The monoisotopic (exact) mass is 586 g/mol. The number of aliphatic hydroxyl groups excluding tert-OH is 1. The molecule has 0 saturated carbocycles. The van der Waals surface area contributed by atoms with E-state index in [1.54, 1.807) is 12.1 Å². The number of nitrogens with zero attached hydrogens (tertiary/aromatic N) is 2. The molecule has 0 bridgehead atoms. The predicted molar refractivity (Wildman–Crippen MR) is 177 cm³/mol. The molecule has 0 spiro atoms. The van der Waals surface area contributed by atoms with Crippen molar-refractivity contribution in [2.75, 3.05) is 9.80 Å². The van der Waals surface area contributed by atoms with E-state index < -0.39 is 0 Å². The van der Waals surface area contributed by atoms with Crippen LogP contribution in [0.1, 0.15) is 15.9 Å². The number of para-hydroxylation sites is 8. The molecule has 6 nitrogen and oxygen atoms in total. The topological polar surface area (TPSA) is 62.2 Å². The van der Waals surface area contributed by atoms with Gasteiger partial charge in [0.05, 0.1) is 22.7 Å². The SMILES string of the molecule is O=C(C=C(O)c1ccc(N2c3ccccc3Oc3ccccc32)cc1)c1ccc(N2c3ccccc3Oc3ccccc32)cc1. The fourth-order valence-corrected chi connectivity index (χ4v) is 5.81. The second-order valence-corrected chi connectivity index (χ2v) is 10.7. The standard InChI is InChI=1S/C39H26N2O4/c42-34(26-17-21-28(22-18-26)40-30-9-1-5-13-36(30)44-37-14-6-2-10-31(37)40)25-35(43)27-19-23-29(24-20-27)41-32-11-3-7-15-38(32)45-39-16-8-4-12-33(39)41/h1-25,42H. The van der Waals surface area contributed by atoms with E-state index in [-0.39, 0.29) is 11.5 Å². The summed E-state index contributed by atoms with van der Waals surface area (Å²) in [6, 6.07) is 46.3. The van der Waals surface area contributed by atoms with Crippen molar-refractivity contribution in [3.8, 4) is 23.0 Å². The van der Waals surface area contributed by atoms with Crippen molar-refractivity contribution in [1.29, 1.82) is 0 Å². The minimum atomic E-state index is -0.290. The molecule has 0 saturated heterocycles. The maximum atomic E-state index is 13.2. The van der Waals surface area contributed by atoms with Gasteiger partial charge in [0.25, 0.3) is 0 Å². The van der Waals surface area contributed by atoms with E-state index >= 15 is 0 Å². The first kappa shape index (κ1) is 26.4. The minimum absolute atomic E-state index is 0.102. The van der Waals surface area contributed by atoms with Gasteiger partial charge < -0.3 is 24.4 Å². The number of ketones is 1. The molecule has 8 rings (SSSR count). The first-order valence-corrected chi connectivity index (χ1v) is 14.6. The fourth-order valence-electron chi connectivity index (χ4n) is 5.81. The molecular formula is C39H26N2O4. The zero-order chi connectivity index (χ0) is 30.3. The highest BCUT2D eigenvalue weighted by Crippen LogP contribution is 2.51. The molecule has 0 aliphatic carbocycles. The van der Waals surface area contributed by atoms with E-state index in [1.165, 1.54) is 6.08 Å². The van der Waals surface area contributed by atoms with Crippen LogP contribution in [0.4, 0.5) is 34.1 Å². The number of rotatable bonds is 5. The highest BCUT2D eigenvalue weighted by molar-refractivity contribution is 6.08. The molecule has 45 heavy (non-hydrogen) atoms. The molecule has 0 unspecified atom stereocenters. The van der Waals surface area contributed by atoms with Gasteiger partial charge in [-0.05, 0) is 97.1 Å². The summed E-state index contributed by atoms with van der Waals surface area (Å²) in [4.78, 5) is 17.4. The second-order valence-electron chi connectivity index (χ2n) is 10.7. The van der Waals surface area contributed by atoms with Crippen LogP contribution < -0.4 is 19.3 Å². The first-order valence-electron chi connectivity index (χ1n) is 14.6. The summed E-state index contributed by atoms with van der Waals surface area (Å²) in [5, 5.41) is 10.9. The normalized spacial score (nSPS) is 13.0. The number of hydrogen-bond acceptors (Lipinski definition) is 6. The van der Waals surface area contributed by atoms with E-state index in [0.717, 1.165) is 57.1 Å². The zero-order valence-electron chi connectivity index (χ0n) is 24.0. The Balaban J connectivity index is 1.05. The van der Waals surface area contributed by atoms with Crippen LogP contribution >= 0.6 is 0 Å². The summed E-state index contributed by atoms with van der Waals surface area (Å²) in [5.41, 5.74) is 6.49. The zero-order valence-corrected chi connectivity index (χ0v) is 24.0. The highest BCUT2D eigenvalue weighted by Gasteiger charge is 2.26. The van der Waals surface area contributed by atoms with E-state index in [1.807, 2.05) is 133 Å². The third-order valence-corrected chi connectivity index (χ3v) is 7.96. The third kappa shape index (κ3) is 4.65. The molecule has 0 aromatic heterocycles. The Kier molecular flexibility index (Phi) is 6.31. The largest absolute Gasteiger partial charge is 0.507 e.